The van der Waals surface area contributed by atoms with Crippen molar-refractivity contribution in [3.05, 3.63) is 71.0 Å². The molecule has 3 heterocycles. The molecular weight excluding hydrogens is 520 g/mol. The lowest BCUT2D eigenvalue weighted by Crippen LogP contribution is -2.53. The highest BCUT2D eigenvalue weighted by Gasteiger charge is 2.68. The van der Waals surface area contributed by atoms with E-state index in [2.05, 4.69) is 26.8 Å². The zero-order valence-corrected chi connectivity index (χ0v) is 24.6. The van der Waals surface area contributed by atoms with Crippen LogP contribution in [0.1, 0.15) is 81.5 Å². The summed E-state index contributed by atoms with van der Waals surface area (Å²) in [5.74, 6) is 0.925. The molecule has 1 aromatic heterocycles. The van der Waals surface area contributed by atoms with E-state index in [1.54, 1.807) is 6.26 Å². The molecule has 7 heteroatoms. The number of benzene rings is 2. The molecule has 7 nitrogen and oxygen atoms in total. The van der Waals surface area contributed by atoms with Gasteiger partial charge < -0.3 is 33.9 Å². The van der Waals surface area contributed by atoms with Crippen molar-refractivity contribution in [1.82, 2.24) is 0 Å². The third-order valence-corrected chi connectivity index (χ3v) is 8.51. The molecule has 0 bridgehead atoms. The normalized spacial score (nSPS) is 26.8. The fraction of sp³-hybridized carbons (Fsp3) is 0.529. The molecule has 2 aromatic carbocycles. The molecule has 2 saturated heterocycles. The van der Waals surface area contributed by atoms with Crippen molar-refractivity contribution in [2.45, 2.75) is 103 Å². The predicted octanol–water partition coefficient (Wildman–Crippen LogP) is 6.12. The van der Waals surface area contributed by atoms with E-state index < -0.39 is 24.1 Å². The van der Waals surface area contributed by atoms with Gasteiger partial charge in [0.05, 0.1) is 36.7 Å². The molecule has 2 aliphatic heterocycles. The Kier molecular flexibility index (Phi) is 9.21. The second-order valence-electron chi connectivity index (χ2n) is 11.8. The topological polar surface area (TPSA) is 105 Å². The maximum Gasteiger partial charge on any atom is 0.189 e. The molecule has 5 rings (SSSR count). The quantitative estimate of drug-likeness (QED) is 0.228. The Morgan fingerprint density at radius 2 is 1.93 bits per heavy atom. The van der Waals surface area contributed by atoms with Crippen LogP contribution in [-0.2, 0) is 22.5 Å². The summed E-state index contributed by atoms with van der Waals surface area (Å²) in [6, 6.07) is 12.2. The highest BCUT2D eigenvalue weighted by atomic mass is 16.7. The molecule has 3 N–H and O–H groups in total. The first-order valence-corrected chi connectivity index (χ1v) is 15.0. The van der Waals surface area contributed by atoms with E-state index in [0.29, 0.717) is 42.3 Å². The standard InChI is InChI=1S/C34H44O7/c1-5-11-24(28-18-29(36)34(33(37)40-28)30(6-2)41-34)27-20-39-32-25(27)17-23(16-21(3)4)31(26(32)19-35)38-15-10-14-22-12-8-7-9-13-22/h7-10,12-14,17,20-21,24,28-30,33,35-37H,5-6,11,15-16,18-19H2,1-4H3/t24-,28+,29+,30-,33?,34-/m0/s1. The average Bonchev–Trinajstić information content (AvgIpc) is 3.57. The van der Waals surface area contributed by atoms with Gasteiger partial charge in [-0.3, -0.25) is 0 Å². The van der Waals surface area contributed by atoms with Gasteiger partial charge in [0.2, 0.25) is 0 Å². The van der Waals surface area contributed by atoms with Gasteiger partial charge in [0.25, 0.3) is 0 Å². The molecule has 2 fully saturated rings. The van der Waals surface area contributed by atoms with Crippen molar-refractivity contribution < 1.29 is 33.9 Å². The van der Waals surface area contributed by atoms with Crippen LogP contribution in [0.4, 0.5) is 0 Å². The maximum absolute atomic E-state index is 11.1. The molecule has 3 aromatic rings. The number of hydrogen-bond acceptors (Lipinski definition) is 7. The van der Waals surface area contributed by atoms with Gasteiger partial charge in [-0.1, -0.05) is 70.5 Å². The number of fused-ring (bicyclic) bond motifs is 1. The lowest BCUT2D eigenvalue weighted by molar-refractivity contribution is -0.236. The molecule has 0 aliphatic carbocycles. The summed E-state index contributed by atoms with van der Waals surface area (Å²) in [7, 11) is 0. The van der Waals surface area contributed by atoms with Gasteiger partial charge in [-0.25, -0.2) is 0 Å². The maximum atomic E-state index is 11.1. The van der Waals surface area contributed by atoms with Gasteiger partial charge in [-0.2, -0.15) is 0 Å². The van der Waals surface area contributed by atoms with E-state index in [1.165, 1.54) is 0 Å². The molecule has 1 unspecified atom stereocenters. The fourth-order valence-corrected chi connectivity index (χ4v) is 6.51. The Morgan fingerprint density at radius 1 is 1.15 bits per heavy atom. The molecule has 41 heavy (non-hydrogen) atoms. The summed E-state index contributed by atoms with van der Waals surface area (Å²) < 4.78 is 24.4. The molecule has 0 amide bonds. The summed E-state index contributed by atoms with van der Waals surface area (Å²) in [4.78, 5) is 0. The van der Waals surface area contributed by atoms with Gasteiger partial charge >= 0.3 is 0 Å². The van der Waals surface area contributed by atoms with Crippen LogP contribution in [-0.4, -0.2) is 52.1 Å². The summed E-state index contributed by atoms with van der Waals surface area (Å²) in [5, 5.41) is 33.4. The highest BCUT2D eigenvalue weighted by molar-refractivity contribution is 5.88. The Bertz CT molecular complexity index is 1320. The second kappa shape index (κ2) is 12.7. The first-order valence-electron chi connectivity index (χ1n) is 15.0. The SMILES string of the molecule is CCC[C@@H](c1coc2c(CO)c(OCC=Cc3ccccc3)c(CC(C)C)cc12)[C@H]1C[C@@H](O)[C@@]2(O[C@H]2CC)C(O)O1. The third-order valence-electron chi connectivity index (χ3n) is 8.51. The molecular formula is C34H44O7. The van der Waals surface area contributed by atoms with Gasteiger partial charge in [0.15, 0.2) is 11.9 Å². The van der Waals surface area contributed by atoms with Crippen LogP contribution in [0.25, 0.3) is 17.0 Å². The van der Waals surface area contributed by atoms with Gasteiger partial charge in [-0.05, 0) is 48.4 Å². The van der Waals surface area contributed by atoms with Gasteiger partial charge in [0, 0.05) is 23.3 Å². The lowest BCUT2D eigenvalue weighted by Gasteiger charge is -2.39. The van der Waals surface area contributed by atoms with Crippen LogP contribution in [0.2, 0.25) is 0 Å². The fourth-order valence-electron chi connectivity index (χ4n) is 6.51. The Balaban J connectivity index is 1.47. The largest absolute Gasteiger partial charge is 0.489 e. The number of aliphatic hydroxyl groups excluding tert-OH is 3. The zero-order valence-electron chi connectivity index (χ0n) is 24.6. The van der Waals surface area contributed by atoms with Crippen molar-refractivity contribution in [2.75, 3.05) is 6.61 Å². The summed E-state index contributed by atoms with van der Waals surface area (Å²) in [6.07, 6.45) is 6.68. The van der Waals surface area contributed by atoms with Crippen molar-refractivity contribution >= 4 is 17.0 Å². The molecule has 0 saturated carbocycles. The minimum atomic E-state index is -1.19. The minimum Gasteiger partial charge on any atom is -0.489 e. The Labute approximate surface area is 242 Å². The van der Waals surface area contributed by atoms with Crippen molar-refractivity contribution in [2.24, 2.45) is 5.92 Å². The summed E-state index contributed by atoms with van der Waals surface area (Å²) in [6.45, 7) is 8.56. The number of ether oxygens (including phenoxy) is 3. The number of hydrogen-bond donors (Lipinski definition) is 3. The van der Waals surface area contributed by atoms with Gasteiger partial charge in [-0.15, -0.1) is 0 Å². The van der Waals surface area contributed by atoms with Crippen LogP contribution < -0.4 is 4.74 Å². The molecule has 2 aliphatic rings. The minimum absolute atomic E-state index is 0.110. The highest BCUT2D eigenvalue weighted by Crippen LogP contribution is 2.52. The van der Waals surface area contributed by atoms with Crippen LogP contribution in [0.15, 0.2) is 53.2 Å². The molecule has 6 atom stereocenters. The van der Waals surface area contributed by atoms with Crippen LogP contribution >= 0.6 is 0 Å². The van der Waals surface area contributed by atoms with E-state index in [4.69, 9.17) is 18.6 Å². The average molecular weight is 565 g/mol. The lowest BCUT2D eigenvalue weighted by atomic mass is 9.80. The zero-order chi connectivity index (χ0) is 29.1. The van der Waals surface area contributed by atoms with Crippen molar-refractivity contribution in [3.63, 3.8) is 0 Å². The van der Waals surface area contributed by atoms with E-state index in [0.717, 1.165) is 41.3 Å². The van der Waals surface area contributed by atoms with Gasteiger partial charge in [0.1, 0.15) is 17.9 Å². The molecule has 222 valence electrons. The van der Waals surface area contributed by atoms with Crippen LogP contribution in [0.3, 0.4) is 0 Å². The number of rotatable bonds is 12. The van der Waals surface area contributed by atoms with E-state index in [1.807, 2.05) is 49.4 Å². The number of furan rings is 1. The Hall–Kier alpha value is -2.68. The Morgan fingerprint density at radius 3 is 2.56 bits per heavy atom. The predicted molar refractivity (Wildman–Crippen MR) is 159 cm³/mol. The molecule has 1 spiro atoms. The smallest absolute Gasteiger partial charge is 0.189 e. The summed E-state index contributed by atoms with van der Waals surface area (Å²) >= 11 is 0. The second-order valence-corrected chi connectivity index (χ2v) is 11.8. The third kappa shape index (κ3) is 5.84. The summed E-state index contributed by atoms with van der Waals surface area (Å²) in [5.41, 5.74) is 3.29. The van der Waals surface area contributed by atoms with E-state index >= 15 is 0 Å². The number of aliphatic hydroxyl groups is 3. The molecule has 0 radical (unpaired) electrons. The monoisotopic (exact) mass is 564 g/mol. The van der Waals surface area contributed by atoms with Crippen LogP contribution in [0, 0.1) is 5.92 Å². The van der Waals surface area contributed by atoms with E-state index in [-0.39, 0.29) is 18.6 Å². The first-order chi connectivity index (χ1) is 19.8. The van der Waals surface area contributed by atoms with Crippen LogP contribution in [0.5, 0.6) is 5.75 Å². The van der Waals surface area contributed by atoms with E-state index in [9.17, 15) is 15.3 Å². The van der Waals surface area contributed by atoms with Crippen molar-refractivity contribution in [3.8, 4) is 5.75 Å². The van der Waals surface area contributed by atoms with Crippen molar-refractivity contribution in [1.29, 1.82) is 0 Å². The number of epoxide rings is 1. The first kappa shape index (κ1) is 29.8.